The van der Waals surface area contributed by atoms with E-state index in [1.807, 2.05) is 35.2 Å². The van der Waals surface area contributed by atoms with Crippen LogP contribution in [-0.4, -0.2) is 64.7 Å². The molecule has 2 saturated carbocycles. The van der Waals surface area contributed by atoms with Crippen molar-refractivity contribution >= 4 is 34.3 Å². The summed E-state index contributed by atoms with van der Waals surface area (Å²) in [6, 6.07) is 12.7. The largest absolute Gasteiger partial charge is 0.493 e. The third kappa shape index (κ3) is 3.96. The van der Waals surface area contributed by atoms with Gasteiger partial charge in [0.15, 0.2) is 17.2 Å². The Balaban J connectivity index is 1.31. The average Bonchev–Trinajstić information content (AvgIpc) is 3.82. The lowest BCUT2D eigenvalue weighted by Gasteiger charge is -2.32. The molecule has 37 heavy (non-hydrogen) atoms. The van der Waals surface area contributed by atoms with Crippen molar-refractivity contribution < 1.29 is 23.9 Å². The van der Waals surface area contributed by atoms with Crippen molar-refractivity contribution in [2.75, 3.05) is 19.1 Å². The molecule has 2 aromatic carbocycles. The molecule has 2 aliphatic carbocycles. The number of rotatable bonds is 8. The van der Waals surface area contributed by atoms with Crippen molar-refractivity contribution in [2.24, 2.45) is 11.7 Å². The summed E-state index contributed by atoms with van der Waals surface area (Å²) >= 11 is 0. The van der Waals surface area contributed by atoms with E-state index in [9.17, 15) is 14.4 Å². The average molecular weight is 504 g/mol. The molecule has 0 radical (unpaired) electrons. The molecule has 3 fully saturated rings. The number of likely N-dealkylation sites (tertiary alicyclic amines) is 1. The summed E-state index contributed by atoms with van der Waals surface area (Å²) in [4.78, 5) is 43.3. The number of benzene rings is 2. The van der Waals surface area contributed by atoms with Crippen molar-refractivity contribution in [1.82, 2.24) is 14.7 Å². The van der Waals surface area contributed by atoms with E-state index < -0.39 is 11.9 Å². The number of anilines is 1. The highest BCUT2D eigenvalue weighted by Gasteiger charge is 2.57. The number of hydrogen-bond donors (Lipinski definition) is 1. The molecule has 1 aliphatic heterocycles. The first-order valence-electron chi connectivity index (χ1n) is 12.5. The number of aromatic nitrogens is 2. The van der Waals surface area contributed by atoms with Gasteiger partial charge in [0.2, 0.25) is 11.8 Å². The van der Waals surface area contributed by atoms with E-state index in [4.69, 9.17) is 15.2 Å². The molecule has 10 nitrogen and oxygen atoms in total. The zero-order valence-corrected chi connectivity index (χ0v) is 20.8. The zero-order chi connectivity index (χ0) is 25.8. The summed E-state index contributed by atoms with van der Waals surface area (Å²) in [5.41, 5.74) is 7.03. The lowest BCUT2D eigenvalue weighted by Crippen LogP contribution is -2.51. The Morgan fingerprint density at radius 1 is 1.05 bits per heavy atom. The van der Waals surface area contributed by atoms with Crippen molar-refractivity contribution in [3.8, 4) is 11.5 Å². The predicted octanol–water partition coefficient (Wildman–Crippen LogP) is 2.34. The Morgan fingerprint density at radius 2 is 1.76 bits per heavy atom. The second kappa shape index (κ2) is 8.79. The van der Waals surface area contributed by atoms with Crippen LogP contribution >= 0.6 is 0 Å². The quantitative estimate of drug-likeness (QED) is 0.504. The minimum Gasteiger partial charge on any atom is -0.493 e. The minimum atomic E-state index is -0.706. The van der Waals surface area contributed by atoms with Gasteiger partial charge in [-0.15, -0.1) is 0 Å². The molecule has 3 amide bonds. The van der Waals surface area contributed by atoms with Crippen LogP contribution in [0.3, 0.4) is 0 Å². The Morgan fingerprint density at radius 3 is 2.41 bits per heavy atom. The maximum Gasteiger partial charge on any atom is 0.269 e. The number of amides is 3. The van der Waals surface area contributed by atoms with Gasteiger partial charge in [0.05, 0.1) is 19.7 Å². The van der Waals surface area contributed by atoms with E-state index in [0.29, 0.717) is 34.7 Å². The van der Waals surface area contributed by atoms with Crippen LogP contribution in [0.5, 0.6) is 11.5 Å². The van der Waals surface area contributed by atoms with Crippen LogP contribution in [-0.2, 0) is 16.1 Å². The third-order valence-corrected chi connectivity index (χ3v) is 7.64. The number of nitrogens with two attached hydrogens (primary N) is 1. The molecule has 1 saturated heterocycles. The van der Waals surface area contributed by atoms with Gasteiger partial charge in [0.25, 0.3) is 5.91 Å². The summed E-state index contributed by atoms with van der Waals surface area (Å²) < 4.78 is 12.2. The monoisotopic (exact) mass is 503 g/mol. The molecule has 2 heterocycles. The van der Waals surface area contributed by atoms with E-state index in [2.05, 4.69) is 5.10 Å². The summed E-state index contributed by atoms with van der Waals surface area (Å²) in [5, 5.41) is 4.84. The van der Waals surface area contributed by atoms with Gasteiger partial charge in [0, 0.05) is 29.2 Å². The van der Waals surface area contributed by atoms with Crippen LogP contribution in [0.1, 0.15) is 36.2 Å². The molecule has 3 atom stereocenters. The van der Waals surface area contributed by atoms with Gasteiger partial charge in [-0.2, -0.15) is 5.10 Å². The Labute approximate surface area is 213 Å². The van der Waals surface area contributed by atoms with Crippen LogP contribution in [0, 0.1) is 5.92 Å². The van der Waals surface area contributed by atoms with E-state index in [0.717, 1.165) is 24.9 Å². The van der Waals surface area contributed by atoms with Crippen molar-refractivity contribution in [2.45, 2.75) is 50.4 Å². The number of carbonyl (C=O) groups excluding carboxylic acids is 3. The minimum absolute atomic E-state index is 0.0243. The fraction of sp³-hybridized carbons (Fsp3) is 0.407. The molecule has 0 unspecified atom stereocenters. The number of para-hydroxylation sites is 1. The van der Waals surface area contributed by atoms with Crippen LogP contribution < -0.4 is 20.1 Å². The fourth-order valence-electron chi connectivity index (χ4n) is 5.65. The lowest BCUT2D eigenvalue weighted by atomic mass is 10.1. The van der Waals surface area contributed by atoms with E-state index in [1.165, 1.54) is 18.9 Å². The second-order valence-corrected chi connectivity index (χ2v) is 9.99. The number of nitrogens with zero attached hydrogens (tertiary/aromatic N) is 4. The SMILES string of the molecule is COc1cc2c(C(N)=O)nn(CC(=O)N3[C@@H]4C[C@@H]4C[C@H]3C(=O)N(c3ccccc3)C3CC3)c2cc1OC. The number of ether oxygens (including phenoxy) is 2. The molecule has 6 rings (SSSR count). The predicted molar refractivity (Wildman–Crippen MR) is 135 cm³/mol. The fourth-order valence-corrected chi connectivity index (χ4v) is 5.65. The van der Waals surface area contributed by atoms with Crippen LogP contribution in [0.15, 0.2) is 42.5 Å². The number of hydrogen-bond acceptors (Lipinski definition) is 6. The number of methoxy groups -OCH3 is 2. The highest BCUT2D eigenvalue weighted by Crippen LogP contribution is 2.49. The van der Waals surface area contributed by atoms with Crippen molar-refractivity contribution in [3.05, 3.63) is 48.2 Å². The van der Waals surface area contributed by atoms with Gasteiger partial charge in [-0.05, 0) is 49.8 Å². The normalized spacial score (nSPS) is 22.0. The smallest absolute Gasteiger partial charge is 0.269 e. The van der Waals surface area contributed by atoms with Gasteiger partial charge in [-0.25, -0.2) is 0 Å². The highest BCUT2D eigenvalue weighted by molar-refractivity contribution is 6.05. The van der Waals surface area contributed by atoms with Gasteiger partial charge in [-0.3, -0.25) is 19.1 Å². The number of carbonyl (C=O) groups is 3. The number of primary amides is 1. The van der Waals surface area contributed by atoms with E-state index in [1.54, 1.807) is 17.0 Å². The van der Waals surface area contributed by atoms with Crippen LogP contribution in [0.4, 0.5) is 5.69 Å². The lowest BCUT2D eigenvalue weighted by molar-refractivity contribution is -0.139. The standard InChI is InChI=1S/C27H29N5O5/c1-36-22-12-18-20(13-23(22)37-2)30(29-25(18)26(28)34)14-24(33)32-19-10-15(19)11-21(32)27(35)31(17-8-9-17)16-6-4-3-5-7-16/h3-7,12-13,15,17,19,21H,8-11,14H2,1-2H3,(H2,28,34)/t15-,19-,21+/m1/s1. The van der Waals surface area contributed by atoms with E-state index >= 15 is 0 Å². The Bertz CT molecular complexity index is 1400. The summed E-state index contributed by atoms with van der Waals surface area (Å²) in [6.07, 6.45) is 3.51. The molecule has 2 N–H and O–H groups in total. The molecule has 192 valence electrons. The Hall–Kier alpha value is -4.08. The molecule has 0 bridgehead atoms. The maximum absolute atomic E-state index is 13.8. The first-order chi connectivity index (χ1) is 17.9. The molecular weight excluding hydrogens is 474 g/mol. The highest BCUT2D eigenvalue weighted by atomic mass is 16.5. The first kappa shape index (κ1) is 23.3. The molecule has 10 heteroatoms. The second-order valence-electron chi connectivity index (χ2n) is 9.99. The number of piperidine rings is 1. The van der Waals surface area contributed by atoms with Crippen LogP contribution in [0.2, 0.25) is 0 Å². The van der Waals surface area contributed by atoms with Gasteiger partial charge < -0.3 is 25.0 Å². The third-order valence-electron chi connectivity index (χ3n) is 7.64. The topological polar surface area (TPSA) is 120 Å². The van der Waals surface area contributed by atoms with Crippen molar-refractivity contribution in [1.29, 1.82) is 0 Å². The first-order valence-corrected chi connectivity index (χ1v) is 12.5. The van der Waals surface area contributed by atoms with Crippen LogP contribution in [0.25, 0.3) is 10.9 Å². The maximum atomic E-state index is 13.8. The molecule has 3 aliphatic rings. The molecule has 1 aromatic heterocycles. The van der Waals surface area contributed by atoms with Gasteiger partial charge in [0.1, 0.15) is 12.6 Å². The summed E-state index contributed by atoms with van der Waals surface area (Å²) in [5.74, 6) is 0.276. The van der Waals surface area contributed by atoms with Crippen molar-refractivity contribution in [3.63, 3.8) is 0 Å². The molecule has 3 aromatic rings. The number of fused-ring (bicyclic) bond motifs is 2. The van der Waals surface area contributed by atoms with E-state index in [-0.39, 0.29) is 36.1 Å². The van der Waals surface area contributed by atoms with Gasteiger partial charge >= 0.3 is 0 Å². The molecule has 0 spiro atoms. The Kier molecular flexibility index (Phi) is 5.54. The van der Waals surface area contributed by atoms with Gasteiger partial charge in [-0.1, -0.05) is 18.2 Å². The summed E-state index contributed by atoms with van der Waals surface area (Å²) in [6.45, 7) is -0.124. The summed E-state index contributed by atoms with van der Waals surface area (Å²) in [7, 11) is 3.01. The zero-order valence-electron chi connectivity index (χ0n) is 20.8. The molecular formula is C27H29N5O5.